The third kappa shape index (κ3) is 3.59. The van der Waals surface area contributed by atoms with Crippen LogP contribution >= 0.6 is 12.4 Å². The van der Waals surface area contributed by atoms with Crippen LogP contribution in [-0.4, -0.2) is 37.0 Å². The molecule has 2 rings (SSSR count). The van der Waals surface area contributed by atoms with E-state index >= 15 is 0 Å². The van der Waals surface area contributed by atoms with E-state index in [-0.39, 0.29) is 18.3 Å². The maximum Gasteiger partial charge on any atom is 0.226 e. The van der Waals surface area contributed by atoms with Crippen molar-refractivity contribution in [3.05, 3.63) is 0 Å². The highest BCUT2D eigenvalue weighted by atomic mass is 35.5. The summed E-state index contributed by atoms with van der Waals surface area (Å²) < 4.78 is 0. The van der Waals surface area contributed by atoms with Crippen molar-refractivity contribution in [2.45, 2.75) is 33.1 Å². The van der Waals surface area contributed by atoms with Crippen LogP contribution in [0.15, 0.2) is 0 Å². The second kappa shape index (κ2) is 6.60. The maximum atomic E-state index is 12.3. The Balaban J connectivity index is 0.00000144. The molecule has 0 saturated carbocycles. The Labute approximate surface area is 111 Å². The first-order valence-electron chi connectivity index (χ1n) is 6.68. The fourth-order valence-electron chi connectivity index (χ4n) is 2.85. The van der Waals surface area contributed by atoms with Crippen molar-refractivity contribution < 1.29 is 4.79 Å². The van der Waals surface area contributed by atoms with Gasteiger partial charge in [0.25, 0.3) is 0 Å². The van der Waals surface area contributed by atoms with Gasteiger partial charge in [-0.05, 0) is 37.6 Å². The zero-order valence-corrected chi connectivity index (χ0v) is 11.8. The lowest BCUT2D eigenvalue weighted by Gasteiger charge is -2.27. The van der Waals surface area contributed by atoms with Gasteiger partial charge in [-0.15, -0.1) is 12.4 Å². The molecule has 2 aliphatic rings. The van der Waals surface area contributed by atoms with Crippen LogP contribution in [0.2, 0.25) is 0 Å². The van der Waals surface area contributed by atoms with Crippen LogP contribution in [-0.2, 0) is 4.79 Å². The summed E-state index contributed by atoms with van der Waals surface area (Å²) in [6, 6.07) is 0. The molecule has 2 fully saturated rings. The van der Waals surface area contributed by atoms with Crippen LogP contribution in [0.4, 0.5) is 0 Å². The quantitative estimate of drug-likeness (QED) is 0.823. The monoisotopic (exact) mass is 260 g/mol. The molecule has 17 heavy (non-hydrogen) atoms. The van der Waals surface area contributed by atoms with Gasteiger partial charge < -0.3 is 10.2 Å². The molecule has 2 aliphatic heterocycles. The number of likely N-dealkylation sites (tertiary alicyclic amines) is 1. The van der Waals surface area contributed by atoms with Crippen molar-refractivity contribution in [1.82, 2.24) is 10.2 Å². The van der Waals surface area contributed by atoms with E-state index in [9.17, 15) is 4.79 Å². The van der Waals surface area contributed by atoms with Gasteiger partial charge in [-0.3, -0.25) is 4.79 Å². The van der Waals surface area contributed by atoms with Crippen molar-refractivity contribution in [1.29, 1.82) is 0 Å². The van der Waals surface area contributed by atoms with Crippen LogP contribution in [0.5, 0.6) is 0 Å². The number of carbonyl (C=O) groups is 1. The summed E-state index contributed by atoms with van der Waals surface area (Å²) in [6.45, 7) is 8.48. The van der Waals surface area contributed by atoms with E-state index < -0.39 is 0 Å². The van der Waals surface area contributed by atoms with Gasteiger partial charge in [0.15, 0.2) is 0 Å². The first-order valence-corrected chi connectivity index (χ1v) is 6.68. The lowest BCUT2D eigenvalue weighted by molar-refractivity contribution is -0.135. The van der Waals surface area contributed by atoms with Gasteiger partial charge >= 0.3 is 0 Å². The van der Waals surface area contributed by atoms with Crippen molar-refractivity contribution in [2.24, 2.45) is 17.8 Å². The Morgan fingerprint density at radius 3 is 2.65 bits per heavy atom. The Hall–Kier alpha value is -0.280. The summed E-state index contributed by atoms with van der Waals surface area (Å²) in [5.41, 5.74) is 0. The molecule has 100 valence electrons. The molecule has 0 bridgehead atoms. The first-order chi connectivity index (χ1) is 7.68. The highest BCUT2D eigenvalue weighted by Gasteiger charge is 2.32. The zero-order chi connectivity index (χ0) is 11.5. The fraction of sp³-hybridized carbons (Fsp3) is 0.923. The number of nitrogens with zero attached hydrogens (tertiary/aromatic N) is 1. The fourth-order valence-corrected chi connectivity index (χ4v) is 2.85. The molecular weight excluding hydrogens is 236 g/mol. The molecule has 0 aromatic rings. The van der Waals surface area contributed by atoms with E-state index in [1.54, 1.807) is 0 Å². The van der Waals surface area contributed by atoms with Crippen LogP contribution in [0.25, 0.3) is 0 Å². The summed E-state index contributed by atoms with van der Waals surface area (Å²) in [5, 5.41) is 3.33. The number of amides is 1. The van der Waals surface area contributed by atoms with E-state index in [0.717, 1.165) is 44.9 Å². The normalized spacial score (nSPS) is 29.2. The summed E-state index contributed by atoms with van der Waals surface area (Å²) in [5.74, 6) is 2.08. The molecule has 2 saturated heterocycles. The van der Waals surface area contributed by atoms with Gasteiger partial charge in [0, 0.05) is 19.6 Å². The van der Waals surface area contributed by atoms with E-state index in [1.807, 2.05) is 0 Å². The Bertz CT molecular complexity index is 252. The van der Waals surface area contributed by atoms with Crippen molar-refractivity contribution in [2.75, 3.05) is 26.2 Å². The third-order valence-electron chi connectivity index (χ3n) is 4.13. The first kappa shape index (κ1) is 14.8. The molecule has 0 spiro atoms. The van der Waals surface area contributed by atoms with Crippen molar-refractivity contribution in [3.8, 4) is 0 Å². The molecule has 2 heterocycles. The number of carbonyl (C=O) groups excluding carboxylic acids is 1. The number of hydrogen-bond acceptors (Lipinski definition) is 2. The van der Waals surface area contributed by atoms with Crippen molar-refractivity contribution in [3.63, 3.8) is 0 Å². The minimum absolute atomic E-state index is 0. The second-order valence-corrected chi connectivity index (χ2v) is 5.62. The highest BCUT2D eigenvalue weighted by Crippen LogP contribution is 2.25. The number of hydrogen-bond donors (Lipinski definition) is 1. The van der Waals surface area contributed by atoms with E-state index in [0.29, 0.717) is 11.8 Å². The molecule has 0 aromatic heterocycles. The summed E-state index contributed by atoms with van der Waals surface area (Å²) in [7, 11) is 0. The van der Waals surface area contributed by atoms with Gasteiger partial charge in [0.1, 0.15) is 0 Å². The molecule has 0 aliphatic carbocycles. The lowest BCUT2D eigenvalue weighted by Crippen LogP contribution is -2.42. The zero-order valence-electron chi connectivity index (χ0n) is 10.9. The van der Waals surface area contributed by atoms with Crippen LogP contribution in [0.3, 0.4) is 0 Å². The standard InChI is InChI=1S/C13H24N2O.ClH/c1-10(2)12-5-7-15(9-12)13(16)11-4-3-6-14-8-11;/h10-12,14H,3-9H2,1-2H3;1H. The summed E-state index contributed by atoms with van der Waals surface area (Å²) in [4.78, 5) is 14.4. The number of nitrogens with one attached hydrogen (secondary N) is 1. The van der Waals surface area contributed by atoms with Gasteiger partial charge in [0.2, 0.25) is 5.91 Å². The Morgan fingerprint density at radius 1 is 1.35 bits per heavy atom. The lowest BCUT2D eigenvalue weighted by atomic mass is 9.95. The van der Waals surface area contributed by atoms with Crippen LogP contribution in [0.1, 0.15) is 33.1 Å². The summed E-state index contributed by atoms with van der Waals surface area (Å²) in [6.07, 6.45) is 3.43. The van der Waals surface area contributed by atoms with Crippen LogP contribution < -0.4 is 5.32 Å². The predicted molar refractivity (Wildman–Crippen MR) is 72.4 cm³/mol. The van der Waals surface area contributed by atoms with E-state index in [1.165, 1.54) is 6.42 Å². The molecule has 0 radical (unpaired) electrons. The second-order valence-electron chi connectivity index (χ2n) is 5.62. The van der Waals surface area contributed by atoms with Gasteiger partial charge in [-0.1, -0.05) is 13.8 Å². The van der Waals surface area contributed by atoms with E-state index in [2.05, 4.69) is 24.1 Å². The molecule has 2 unspecified atom stereocenters. The molecule has 4 heteroatoms. The predicted octanol–water partition coefficient (Wildman–Crippen LogP) is 1.91. The van der Waals surface area contributed by atoms with Gasteiger partial charge in [-0.2, -0.15) is 0 Å². The Morgan fingerprint density at radius 2 is 2.12 bits per heavy atom. The number of rotatable bonds is 2. The van der Waals surface area contributed by atoms with E-state index in [4.69, 9.17) is 0 Å². The SMILES string of the molecule is CC(C)C1CCN(C(=O)C2CCCNC2)C1.Cl. The van der Waals surface area contributed by atoms with Crippen LogP contribution in [0, 0.1) is 17.8 Å². The molecule has 0 aromatic carbocycles. The van der Waals surface area contributed by atoms with Crippen molar-refractivity contribution >= 4 is 18.3 Å². The smallest absolute Gasteiger partial charge is 0.226 e. The number of halogens is 1. The minimum Gasteiger partial charge on any atom is -0.342 e. The topological polar surface area (TPSA) is 32.3 Å². The minimum atomic E-state index is 0. The average molecular weight is 261 g/mol. The molecular formula is C13H25ClN2O. The highest BCUT2D eigenvalue weighted by molar-refractivity contribution is 5.85. The summed E-state index contributed by atoms with van der Waals surface area (Å²) >= 11 is 0. The maximum absolute atomic E-state index is 12.3. The molecule has 1 amide bonds. The average Bonchev–Trinajstić information content (AvgIpc) is 2.78. The molecule has 1 N–H and O–H groups in total. The van der Waals surface area contributed by atoms with Gasteiger partial charge in [0.05, 0.1) is 5.92 Å². The molecule has 2 atom stereocenters. The largest absolute Gasteiger partial charge is 0.342 e. The Kier molecular flexibility index (Phi) is 5.74. The molecule has 3 nitrogen and oxygen atoms in total. The number of piperidine rings is 1. The third-order valence-corrected chi connectivity index (χ3v) is 4.13. The van der Waals surface area contributed by atoms with Gasteiger partial charge in [-0.25, -0.2) is 0 Å².